The van der Waals surface area contributed by atoms with Crippen LogP contribution in [0.15, 0.2) is 12.1 Å². The number of nitrogens with zero attached hydrogens (tertiary/aromatic N) is 1. The van der Waals surface area contributed by atoms with Gasteiger partial charge in [-0.05, 0) is 37.3 Å². The molecule has 5 nitrogen and oxygen atoms in total. The van der Waals surface area contributed by atoms with E-state index in [2.05, 4.69) is 5.32 Å². The Hall–Kier alpha value is -1.46. The van der Waals surface area contributed by atoms with Gasteiger partial charge in [-0.25, -0.2) is 0 Å². The maximum absolute atomic E-state index is 12.8. The summed E-state index contributed by atoms with van der Waals surface area (Å²) < 4.78 is 5.23. The first kappa shape index (κ1) is 19.9. The van der Waals surface area contributed by atoms with Gasteiger partial charge >= 0.3 is 0 Å². The van der Waals surface area contributed by atoms with Crippen LogP contribution in [-0.4, -0.2) is 43.0 Å². The molecule has 0 unspecified atom stereocenters. The third kappa shape index (κ3) is 4.79. The van der Waals surface area contributed by atoms with Gasteiger partial charge in [0, 0.05) is 13.1 Å². The van der Waals surface area contributed by atoms with Crippen molar-refractivity contribution in [1.82, 2.24) is 10.2 Å². The van der Waals surface area contributed by atoms with Gasteiger partial charge in [-0.15, -0.1) is 0 Å². The predicted molar refractivity (Wildman–Crippen MR) is 99.5 cm³/mol. The van der Waals surface area contributed by atoms with Crippen molar-refractivity contribution in [2.45, 2.75) is 39.2 Å². The average Bonchev–Trinajstić information content (AvgIpc) is 3.09. The van der Waals surface area contributed by atoms with Gasteiger partial charge in [0.15, 0.2) is 5.75 Å². The Morgan fingerprint density at radius 2 is 1.80 bits per heavy atom. The minimum absolute atomic E-state index is 0.0448. The van der Waals surface area contributed by atoms with E-state index in [9.17, 15) is 9.59 Å². The zero-order chi connectivity index (χ0) is 18.6. The summed E-state index contributed by atoms with van der Waals surface area (Å²) in [4.78, 5) is 27.4. The van der Waals surface area contributed by atoms with Crippen molar-refractivity contribution in [2.75, 3.05) is 20.2 Å². The lowest BCUT2D eigenvalue weighted by atomic mass is 10.0. The fourth-order valence-electron chi connectivity index (χ4n) is 3.03. The van der Waals surface area contributed by atoms with Crippen molar-refractivity contribution in [1.29, 1.82) is 0 Å². The van der Waals surface area contributed by atoms with E-state index < -0.39 is 11.9 Å². The van der Waals surface area contributed by atoms with E-state index in [1.807, 2.05) is 18.7 Å². The second-order valence-corrected chi connectivity index (χ2v) is 7.44. The van der Waals surface area contributed by atoms with Crippen molar-refractivity contribution in [2.24, 2.45) is 5.92 Å². The van der Waals surface area contributed by atoms with E-state index in [0.29, 0.717) is 11.4 Å². The number of hydrogen-bond acceptors (Lipinski definition) is 3. The van der Waals surface area contributed by atoms with Crippen LogP contribution in [0.4, 0.5) is 0 Å². The summed E-state index contributed by atoms with van der Waals surface area (Å²) in [5.41, 5.74) is 0.152. The molecule has 138 valence electrons. The smallest absolute Gasteiger partial charge is 0.257 e. The van der Waals surface area contributed by atoms with Gasteiger partial charge in [0.25, 0.3) is 5.91 Å². The van der Waals surface area contributed by atoms with Gasteiger partial charge in [-0.2, -0.15) is 0 Å². The third-order valence-corrected chi connectivity index (χ3v) is 4.83. The Kier molecular flexibility index (Phi) is 6.96. The number of carbonyl (C=O) groups is 2. The van der Waals surface area contributed by atoms with Crippen LogP contribution in [0.1, 0.15) is 43.5 Å². The molecule has 1 aromatic rings. The lowest BCUT2D eigenvalue weighted by Gasteiger charge is -2.25. The van der Waals surface area contributed by atoms with E-state index in [1.165, 1.54) is 7.11 Å². The number of methoxy groups -OCH3 is 1. The van der Waals surface area contributed by atoms with Gasteiger partial charge in [-0.1, -0.05) is 37.0 Å². The molecular formula is C18H24Cl2N2O3. The van der Waals surface area contributed by atoms with Crippen LogP contribution in [0.3, 0.4) is 0 Å². The molecule has 2 amide bonds. The van der Waals surface area contributed by atoms with Crippen LogP contribution in [0.5, 0.6) is 5.75 Å². The number of rotatable bonds is 6. The summed E-state index contributed by atoms with van der Waals surface area (Å²) in [6, 6.07) is 2.52. The first-order chi connectivity index (χ1) is 11.8. The minimum atomic E-state index is -0.592. The first-order valence-corrected chi connectivity index (χ1v) is 9.22. The van der Waals surface area contributed by atoms with Gasteiger partial charge < -0.3 is 15.0 Å². The van der Waals surface area contributed by atoms with Crippen LogP contribution >= 0.6 is 23.2 Å². The topological polar surface area (TPSA) is 58.6 Å². The predicted octanol–water partition coefficient (Wildman–Crippen LogP) is 3.77. The summed E-state index contributed by atoms with van der Waals surface area (Å²) in [7, 11) is 1.43. The molecule has 1 aliphatic rings. The Balaban J connectivity index is 2.25. The minimum Gasteiger partial charge on any atom is -0.494 e. The highest BCUT2D eigenvalue weighted by atomic mass is 35.5. The van der Waals surface area contributed by atoms with Crippen LogP contribution < -0.4 is 10.1 Å². The van der Waals surface area contributed by atoms with Crippen molar-refractivity contribution < 1.29 is 14.3 Å². The highest BCUT2D eigenvalue weighted by molar-refractivity contribution is 6.37. The van der Waals surface area contributed by atoms with Crippen molar-refractivity contribution in [3.8, 4) is 5.75 Å². The zero-order valence-corrected chi connectivity index (χ0v) is 16.3. The molecule has 1 heterocycles. The number of halogens is 2. The zero-order valence-electron chi connectivity index (χ0n) is 14.8. The second kappa shape index (κ2) is 8.77. The van der Waals surface area contributed by atoms with E-state index in [4.69, 9.17) is 27.9 Å². The number of benzene rings is 1. The van der Waals surface area contributed by atoms with Gasteiger partial charge in [0.05, 0.1) is 17.2 Å². The molecule has 1 aliphatic heterocycles. The maximum atomic E-state index is 12.8. The fourth-order valence-corrected chi connectivity index (χ4v) is 3.49. The number of likely N-dealkylation sites (tertiary alicyclic amines) is 1. The lowest BCUT2D eigenvalue weighted by Crippen LogP contribution is -2.48. The number of carbonyl (C=O) groups excluding carboxylic acids is 2. The molecule has 0 saturated carbocycles. The maximum Gasteiger partial charge on any atom is 0.257 e. The number of ether oxygens (including phenoxy) is 1. The summed E-state index contributed by atoms with van der Waals surface area (Å²) in [5.74, 6) is -0.0311. The fraction of sp³-hybridized carbons (Fsp3) is 0.556. The average molecular weight is 387 g/mol. The molecule has 0 bridgehead atoms. The SMILES string of the molecule is COc1c(Cl)ccc(Cl)c1C(=O)N[C@@H](CC(C)C)C(=O)N1CCCC1. The standard InChI is InChI=1S/C18H24Cl2N2O3/c1-11(2)10-14(18(24)22-8-4-5-9-22)21-17(23)15-12(19)6-7-13(20)16(15)25-3/h6-7,11,14H,4-5,8-10H2,1-3H3,(H,21,23)/t14-/m0/s1. The van der Waals surface area contributed by atoms with Gasteiger partial charge in [0.2, 0.25) is 5.91 Å². The molecular weight excluding hydrogens is 363 g/mol. The van der Waals surface area contributed by atoms with E-state index in [0.717, 1.165) is 25.9 Å². The largest absolute Gasteiger partial charge is 0.494 e. The number of nitrogens with one attached hydrogen (secondary N) is 1. The second-order valence-electron chi connectivity index (χ2n) is 6.63. The van der Waals surface area contributed by atoms with Crippen molar-refractivity contribution in [3.63, 3.8) is 0 Å². The number of amides is 2. The molecule has 0 aromatic heterocycles. The monoisotopic (exact) mass is 386 g/mol. The first-order valence-electron chi connectivity index (χ1n) is 8.46. The summed E-state index contributed by atoms with van der Waals surface area (Å²) >= 11 is 12.3. The lowest BCUT2D eigenvalue weighted by molar-refractivity contribution is -0.132. The molecule has 1 fully saturated rings. The molecule has 1 aromatic carbocycles. The third-order valence-electron chi connectivity index (χ3n) is 4.22. The molecule has 1 N–H and O–H groups in total. The van der Waals surface area contributed by atoms with E-state index >= 15 is 0 Å². The van der Waals surface area contributed by atoms with E-state index in [-0.39, 0.29) is 28.2 Å². The molecule has 1 saturated heterocycles. The molecule has 0 spiro atoms. The quantitative estimate of drug-likeness (QED) is 0.809. The van der Waals surface area contributed by atoms with Gasteiger partial charge in [0.1, 0.15) is 11.6 Å². The van der Waals surface area contributed by atoms with E-state index in [1.54, 1.807) is 12.1 Å². The van der Waals surface area contributed by atoms with Crippen molar-refractivity contribution >= 4 is 35.0 Å². The summed E-state index contributed by atoms with van der Waals surface area (Å²) in [6.45, 7) is 5.52. The molecule has 7 heteroatoms. The highest BCUT2D eigenvalue weighted by Gasteiger charge is 2.30. The Morgan fingerprint density at radius 3 is 2.36 bits per heavy atom. The molecule has 0 aliphatic carbocycles. The van der Waals surface area contributed by atoms with Crippen LogP contribution in [0.2, 0.25) is 10.0 Å². The molecule has 25 heavy (non-hydrogen) atoms. The molecule has 2 rings (SSSR count). The normalized spacial score (nSPS) is 15.4. The highest BCUT2D eigenvalue weighted by Crippen LogP contribution is 2.34. The van der Waals surface area contributed by atoms with Gasteiger partial charge in [-0.3, -0.25) is 9.59 Å². The molecule has 0 radical (unpaired) electrons. The molecule has 1 atom stereocenters. The Labute approximate surface area is 158 Å². The van der Waals surface area contributed by atoms with Crippen LogP contribution in [-0.2, 0) is 4.79 Å². The van der Waals surface area contributed by atoms with Crippen LogP contribution in [0, 0.1) is 5.92 Å². The van der Waals surface area contributed by atoms with Crippen molar-refractivity contribution in [3.05, 3.63) is 27.7 Å². The summed E-state index contributed by atoms with van der Waals surface area (Å²) in [5, 5.41) is 3.36. The number of hydrogen-bond donors (Lipinski definition) is 1. The summed E-state index contributed by atoms with van der Waals surface area (Å²) in [6.07, 6.45) is 2.56. The Morgan fingerprint density at radius 1 is 1.20 bits per heavy atom. The Bertz CT molecular complexity index is 643. The van der Waals surface area contributed by atoms with Crippen LogP contribution in [0.25, 0.3) is 0 Å².